The molecule has 2 aromatic carbocycles. The van der Waals surface area contributed by atoms with Crippen LogP contribution in [0.4, 0.5) is 23.2 Å². The van der Waals surface area contributed by atoms with E-state index < -0.39 is 60.8 Å². The fourth-order valence-electron chi connectivity index (χ4n) is 2.43. The van der Waals surface area contributed by atoms with Gasteiger partial charge in [-0.05, 0) is 37.3 Å². The second kappa shape index (κ2) is 7.81. The van der Waals surface area contributed by atoms with E-state index in [9.17, 15) is 35.9 Å². The molecule has 154 valence electrons. The van der Waals surface area contributed by atoms with Gasteiger partial charge in [0.15, 0.2) is 15.4 Å². The third-order valence-electron chi connectivity index (χ3n) is 3.84. The highest BCUT2D eigenvalue weighted by molar-refractivity contribution is 7.91. The van der Waals surface area contributed by atoms with Gasteiger partial charge >= 0.3 is 6.18 Å². The fraction of sp³-hybridized carbons (Fsp3) is 0.222. The van der Waals surface area contributed by atoms with Crippen molar-refractivity contribution in [3.8, 4) is 6.07 Å². The van der Waals surface area contributed by atoms with E-state index in [0.29, 0.717) is 6.07 Å². The molecule has 1 amide bonds. The number of anilines is 1. The van der Waals surface area contributed by atoms with Crippen molar-refractivity contribution in [1.29, 1.82) is 5.26 Å². The molecule has 0 fully saturated rings. The molecule has 6 nitrogen and oxygen atoms in total. The summed E-state index contributed by atoms with van der Waals surface area (Å²) in [6.07, 6.45) is -4.87. The van der Waals surface area contributed by atoms with Crippen LogP contribution in [0.1, 0.15) is 18.1 Å². The van der Waals surface area contributed by atoms with Crippen LogP contribution in [-0.4, -0.2) is 30.8 Å². The Labute approximate surface area is 163 Å². The number of rotatable bonds is 5. The van der Waals surface area contributed by atoms with Crippen molar-refractivity contribution < 1.29 is 35.9 Å². The Morgan fingerprint density at radius 1 is 1.21 bits per heavy atom. The fourth-order valence-corrected chi connectivity index (χ4v) is 4.11. The SMILES string of the molecule is CC(O)(CS(=O)(=O)c1ccccc1F)C(=O)Nc1ccc(C#N)c(C(F)(F)F)c1. The van der Waals surface area contributed by atoms with Crippen LogP contribution in [-0.2, 0) is 20.8 Å². The Morgan fingerprint density at radius 2 is 1.83 bits per heavy atom. The zero-order valence-corrected chi connectivity index (χ0v) is 15.6. The van der Waals surface area contributed by atoms with Gasteiger partial charge in [0, 0.05) is 5.69 Å². The van der Waals surface area contributed by atoms with Crippen molar-refractivity contribution in [1.82, 2.24) is 0 Å². The molecule has 0 aliphatic heterocycles. The molecule has 2 rings (SSSR count). The minimum atomic E-state index is -4.87. The van der Waals surface area contributed by atoms with Gasteiger partial charge in [0.25, 0.3) is 5.91 Å². The molecule has 0 saturated carbocycles. The highest BCUT2D eigenvalue weighted by Crippen LogP contribution is 2.33. The zero-order chi connectivity index (χ0) is 22.0. The predicted molar refractivity (Wildman–Crippen MR) is 93.9 cm³/mol. The smallest absolute Gasteiger partial charge is 0.379 e. The summed E-state index contributed by atoms with van der Waals surface area (Å²) in [5.41, 5.74) is -4.99. The van der Waals surface area contributed by atoms with Crippen LogP contribution in [0.2, 0.25) is 0 Å². The van der Waals surface area contributed by atoms with Gasteiger partial charge in [-0.15, -0.1) is 0 Å². The van der Waals surface area contributed by atoms with E-state index in [1.807, 2.05) is 5.32 Å². The second-order valence-electron chi connectivity index (χ2n) is 6.29. The molecule has 29 heavy (non-hydrogen) atoms. The Bertz CT molecular complexity index is 1090. The molecule has 0 aliphatic rings. The number of sulfone groups is 1. The molecule has 0 aromatic heterocycles. The summed E-state index contributed by atoms with van der Waals surface area (Å²) in [6, 6.07) is 8.01. The maximum absolute atomic E-state index is 13.7. The summed E-state index contributed by atoms with van der Waals surface area (Å²) in [6.45, 7) is 0.828. The van der Waals surface area contributed by atoms with Gasteiger partial charge in [-0.2, -0.15) is 18.4 Å². The minimum Gasteiger partial charge on any atom is -0.379 e. The number of nitrogens with one attached hydrogen (secondary N) is 1. The van der Waals surface area contributed by atoms with Crippen LogP contribution in [0.25, 0.3) is 0 Å². The zero-order valence-electron chi connectivity index (χ0n) is 14.8. The maximum atomic E-state index is 13.7. The number of nitrogens with zero attached hydrogens (tertiary/aromatic N) is 1. The van der Waals surface area contributed by atoms with E-state index in [0.717, 1.165) is 31.2 Å². The van der Waals surface area contributed by atoms with Crippen molar-refractivity contribution in [3.63, 3.8) is 0 Å². The predicted octanol–water partition coefficient (Wildman–Crippen LogP) is 2.88. The Kier molecular flexibility index (Phi) is 6.01. The normalized spacial score (nSPS) is 14.0. The Balaban J connectivity index is 2.28. The molecule has 11 heteroatoms. The van der Waals surface area contributed by atoms with E-state index in [1.54, 1.807) is 0 Å². The highest BCUT2D eigenvalue weighted by atomic mass is 32.2. The number of hydrogen-bond acceptors (Lipinski definition) is 5. The molecule has 1 unspecified atom stereocenters. The lowest BCUT2D eigenvalue weighted by Crippen LogP contribution is -2.46. The van der Waals surface area contributed by atoms with Gasteiger partial charge in [-0.25, -0.2) is 12.8 Å². The average molecular weight is 430 g/mol. The molecule has 0 bridgehead atoms. The van der Waals surface area contributed by atoms with Crippen molar-refractivity contribution in [2.75, 3.05) is 11.1 Å². The lowest BCUT2D eigenvalue weighted by atomic mass is 10.1. The van der Waals surface area contributed by atoms with Crippen molar-refractivity contribution in [2.45, 2.75) is 23.6 Å². The molecule has 0 saturated heterocycles. The molecule has 0 heterocycles. The molecular formula is C18H14F4N2O4S. The van der Waals surface area contributed by atoms with E-state index in [4.69, 9.17) is 5.26 Å². The van der Waals surface area contributed by atoms with Gasteiger partial charge in [-0.3, -0.25) is 4.79 Å². The van der Waals surface area contributed by atoms with Crippen LogP contribution < -0.4 is 5.32 Å². The number of hydrogen-bond donors (Lipinski definition) is 2. The number of aliphatic hydroxyl groups is 1. The van der Waals surface area contributed by atoms with E-state index in [1.165, 1.54) is 18.2 Å². The molecule has 0 radical (unpaired) electrons. The summed E-state index contributed by atoms with van der Waals surface area (Å²) < 4.78 is 77.4. The second-order valence-corrected chi connectivity index (χ2v) is 8.25. The van der Waals surface area contributed by atoms with Crippen molar-refractivity contribution in [3.05, 3.63) is 59.4 Å². The first kappa shape index (κ1) is 22.3. The monoisotopic (exact) mass is 430 g/mol. The van der Waals surface area contributed by atoms with E-state index in [2.05, 4.69) is 0 Å². The quantitative estimate of drug-likeness (QED) is 0.710. The van der Waals surface area contributed by atoms with Crippen LogP contribution in [0, 0.1) is 17.1 Å². The highest BCUT2D eigenvalue weighted by Gasteiger charge is 2.38. The number of halogens is 4. The third kappa shape index (κ3) is 5.10. The van der Waals surface area contributed by atoms with Crippen LogP contribution >= 0.6 is 0 Å². The largest absolute Gasteiger partial charge is 0.417 e. The average Bonchev–Trinajstić information content (AvgIpc) is 2.60. The Hall–Kier alpha value is -2.97. The summed E-state index contributed by atoms with van der Waals surface area (Å²) in [5, 5.41) is 21.0. The lowest BCUT2D eigenvalue weighted by molar-refractivity contribution is -0.137. The Morgan fingerprint density at radius 3 is 2.38 bits per heavy atom. The first-order valence-electron chi connectivity index (χ1n) is 7.90. The van der Waals surface area contributed by atoms with Crippen molar-refractivity contribution in [2.24, 2.45) is 0 Å². The maximum Gasteiger partial charge on any atom is 0.417 e. The summed E-state index contributed by atoms with van der Waals surface area (Å²) in [4.78, 5) is 11.5. The number of amides is 1. The molecule has 0 aliphatic carbocycles. The van der Waals surface area contributed by atoms with E-state index >= 15 is 0 Å². The van der Waals surface area contributed by atoms with Crippen LogP contribution in [0.5, 0.6) is 0 Å². The minimum absolute atomic E-state index is 0.412. The van der Waals surface area contributed by atoms with E-state index in [-0.39, 0.29) is 0 Å². The standard InChI is InChI=1S/C18H14F4N2O4S/c1-17(26,10-29(27,28)15-5-3-2-4-14(15)19)16(25)24-12-7-6-11(9-23)13(8-12)18(20,21)22/h2-8,26H,10H2,1H3,(H,24,25). The van der Waals surface area contributed by atoms with Crippen LogP contribution in [0.3, 0.4) is 0 Å². The van der Waals surface area contributed by atoms with Crippen LogP contribution in [0.15, 0.2) is 47.4 Å². The lowest BCUT2D eigenvalue weighted by Gasteiger charge is -2.22. The first-order valence-corrected chi connectivity index (χ1v) is 9.55. The number of benzene rings is 2. The summed E-state index contributed by atoms with van der Waals surface area (Å²) in [7, 11) is -4.44. The first-order chi connectivity index (χ1) is 13.3. The summed E-state index contributed by atoms with van der Waals surface area (Å²) in [5.74, 6) is -3.62. The molecular weight excluding hydrogens is 416 g/mol. The molecule has 0 spiro atoms. The van der Waals surface area contributed by atoms with Gasteiger partial charge in [-0.1, -0.05) is 12.1 Å². The molecule has 2 aromatic rings. The number of alkyl halides is 3. The number of nitriles is 1. The van der Waals surface area contributed by atoms with Gasteiger partial charge in [0.1, 0.15) is 10.7 Å². The number of carbonyl (C=O) groups is 1. The third-order valence-corrected chi connectivity index (χ3v) is 5.78. The molecule has 2 N–H and O–H groups in total. The summed E-state index contributed by atoms with van der Waals surface area (Å²) >= 11 is 0. The number of carbonyl (C=O) groups excluding carboxylic acids is 1. The van der Waals surface area contributed by atoms with Crippen molar-refractivity contribution >= 4 is 21.4 Å². The van der Waals surface area contributed by atoms with Gasteiger partial charge in [0.05, 0.1) is 22.9 Å². The topological polar surface area (TPSA) is 107 Å². The van der Waals surface area contributed by atoms with Gasteiger partial charge in [0.2, 0.25) is 0 Å². The molecule has 1 atom stereocenters. The van der Waals surface area contributed by atoms with Gasteiger partial charge < -0.3 is 10.4 Å².